The average Bonchev–Trinajstić information content (AvgIpc) is 2.25. The maximum absolute atomic E-state index is 2.19. The molecule has 2 N–H and O–H groups in total. The summed E-state index contributed by atoms with van der Waals surface area (Å²) < 4.78 is 0. The van der Waals surface area contributed by atoms with Crippen LogP contribution in [0.3, 0.4) is 0 Å². The first-order chi connectivity index (χ1) is 7.24. The first-order valence-corrected chi connectivity index (χ1v) is 5.22. The van der Waals surface area contributed by atoms with Crippen molar-refractivity contribution in [3.05, 3.63) is 59.7 Å². The summed E-state index contributed by atoms with van der Waals surface area (Å²) in [6.07, 6.45) is 0. The van der Waals surface area contributed by atoms with Crippen molar-refractivity contribution in [1.29, 1.82) is 0 Å². The van der Waals surface area contributed by atoms with Crippen LogP contribution in [-0.2, 0) is 0 Å². The van der Waals surface area contributed by atoms with Crippen LogP contribution in [0.25, 0.3) is 0 Å². The Morgan fingerprint density at radius 1 is 0.600 bits per heavy atom. The molecule has 0 fully saturated rings. The van der Waals surface area contributed by atoms with Crippen molar-refractivity contribution in [2.24, 2.45) is 0 Å². The summed E-state index contributed by atoms with van der Waals surface area (Å²) in [5.74, 6) is 0. The van der Waals surface area contributed by atoms with Gasteiger partial charge in [-0.1, -0.05) is 35.4 Å². The number of quaternary nitrogens is 1. The number of nitrogens with two attached hydrogens (primary N) is 1. The topological polar surface area (TPSA) is 16.6 Å². The van der Waals surface area contributed by atoms with Crippen LogP contribution in [0.2, 0.25) is 0 Å². The lowest BCUT2D eigenvalue weighted by molar-refractivity contribution is -0.478. The van der Waals surface area contributed by atoms with E-state index >= 15 is 0 Å². The Bertz CT molecular complexity index is 382. The first kappa shape index (κ1) is 9.94. The van der Waals surface area contributed by atoms with Gasteiger partial charge < -0.3 is 0 Å². The van der Waals surface area contributed by atoms with Crippen LogP contribution in [0.1, 0.15) is 11.1 Å². The van der Waals surface area contributed by atoms with Crippen LogP contribution in [0.5, 0.6) is 0 Å². The summed E-state index contributed by atoms with van der Waals surface area (Å²) in [5.41, 5.74) is 5.11. The molecule has 0 spiro atoms. The van der Waals surface area contributed by atoms with Crippen LogP contribution < -0.4 is 5.32 Å². The average molecular weight is 198 g/mol. The van der Waals surface area contributed by atoms with Crippen molar-refractivity contribution in [2.75, 3.05) is 0 Å². The molecular formula is C14H16N+. The van der Waals surface area contributed by atoms with Gasteiger partial charge in [-0.3, -0.25) is 5.32 Å². The van der Waals surface area contributed by atoms with Gasteiger partial charge in [-0.25, -0.2) is 0 Å². The Balaban J connectivity index is 2.15. The molecule has 0 radical (unpaired) electrons. The molecule has 0 amide bonds. The highest BCUT2D eigenvalue weighted by Gasteiger charge is 1.98. The minimum atomic E-state index is 1.25. The molecule has 2 rings (SSSR count). The lowest BCUT2D eigenvalue weighted by Crippen LogP contribution is -2.70. The Hall–Kier alpha value is -1.60. The maximum atomic E-state index is 2.19. The highest BCUT2D eigenvalue weighted by molar-refractivity contribution is 5.38. The highest BCUT2D eigenvalue weighted by atomic mass is 14.9. The monoisotopic (exact) mass is 198 g/mol. The summed E-state index contributed by atoms with van der Waals surface area (Å²) in [6, 6.07) is 17.1. The zero-order valence-electron chi connectivity index (χ0n) is 9.20. The molecule has 0 atom stereocenters. The normalized spacial score (nSPS) is 10.3. The van der Waals surface area contributed by atoms with E-state index in [1.807, 2.05) is 0 Å². The van der Waals surface area contributed by atoms with Gasteiger partial charge in [-0.05, 0) is 38.1 Å². The Kier molecular flexibility index (Phi) is 2.84. The number of aryl methyl sites for hydroxylation is 2. The maximum Gasteiger partial charge on any atom is 0.134 e. The largest absolute Gasteiger partial charge is 0.282 e. The molecule has 0 aliphatic carbocycles. The lowest BCUT2D eigenvalue weighted by atomic mass is 10.2. The van der Waals surface area contributed by atoms with E-state index in [0.717, 1.165) is 0 Å². The predicted molar refractivity (Wildman–Crippen MR) is 63.6 cm³/mol. The SMILES string of the molecule is Cc1ccc([NH2+]c2ccc(C)cc2)cc1. The van der Waals surface area contributed by atoms with Gasteiger partial charge in [0.05, 0.1) is 0 Å². The predicted octanol–water partition coefficient (Wildman–Crippen LogP) is 2.83. The molecule has 0 bridgehead atoms. The minimum Gasteiger partial charge on any atom is -0.282 e. The lowest BCUT2D eigenvalue weighted by Gasteiger charge is -2.01. The molecule has 0 saturated heterocycles. The first-order valence-electron chi connectivity index (χ1n) is 5.22. The molecular weight excluding hydrogens is 182 g/mol. The van der Waals surface area contributed by atoms with Crippen molar-refractivity contribution >= 4 is 11.4 Å². The molecule has 76 valence electrons. The van der Waals surface area contributed by atoms with Gasteiger partial charge in [0, 0.05) is 0 Å². The zero-order valence-corrected chi connectivity index (χ0v) is 9.20. The van der Waals surface area contributed by atoms with Gasteiger partial charge >= 0.3 is 0 Å². The van der Waals surface area contributed by atoms with E-state index in [-0.39, 0.29) is 0 Å². The fourth-order valence-electron chi connectivity index (χ4n) is 1.52. The molecule has 1 nitrogen and oxygen atoms in total. The molecule has 1 heteroatoms. The van der Waals surface area contributed by atoms with Crippen molar-refractivity contribution in [3.63, 3.8) is 0 Å². The number of rotatable bonds is 2. The second-order valence-corrected chi connectivity index (χ2v) is 3.97. The number of hydrogen-bond acceptors (Lipinski definition) is 0. The van der Waals surface area contributed by atoms with Crippen LogP contribution in [0.4, 0.5) is 11.4 Å². The molecule has 15 heavy (non-hydrogen) atoms. The van der Waals surface area contributed by atoms with Crippen LogP contribution in [0, 0.1) is 13.8 Å². The summed E-state index contributed by atoms with van der Waals surface area (Å²) in [7, 11) is 0. The second-order valence-electron chi connectivity index (χ2n) is 3.97. The third-order valence-corrected chi connectivity index (χ3v) is 2.49. The molecule has 2 aromatic carbocycles. The van der Waals surface area contributed by atoms with Crippen LogP contribution >= 0.6 is 0 Å². The Morgan fingerprint density at radius 3 is 1.27 bits per heavy atom. The second kappa shape index (κ2) is 4.28. The summed E-state index contributed by atoms with van der Waals surface area (Å²) in [4.78, 5) is 0. The van der Waals surface area contributed by atoms with E-state index in [2.05, 4.69) is 67.7 Å². The van der Waals surface area contributed by atoms with Gasteiger partial charge in [-0.15, -0.1) is 0 Å². The highest BCUT2D eigenvalue weighted by Crippen LogP contribution is 2.07. The molecule has 0 heterocycles. The minimum absolute atomic E-state index is 1.25. The smallest absolute Gasteiger partial charge is 0.134 e. The zero-order chi connectivity index (χ0) is 10.7. The van der Waals surface area contributed by atoms with Gasteiger partial charge in [-0.2, -0.15) is 0 Å². The molecule has 0 saturated carbocycles. The third-order valence-electron chi connectivity index (χ3n) is 2.49. The van der Waals surface area contributed by atoms with Crippen LogP contribution in [0.15, 0.2) is 48.5 Å². The molecule has 0 unspecified atom stereocenters. The molecule has 0 aliphatic heterocycles. The van der Waals surface area contributed by atoms with Gasteiger partial charge in [0.1, 0.15) is 11.4 Å². The van der Waals surface area contributed by atoms with Gasteiger partial charge in [0.15, 0.2) is 0 Å². The van der Waals surface area contributed by atoms with Gasteiger partial charge in [0.25, 0.3) is 0 Å². The number of benzene rings is 2. The summed E-state index contributed by atoms with van der Waals surface area (Å²) in [6.45, 7) is 4.21. The summed E-state index contributed by atoms with van der Waals surface area (Å²) >= 11 is 0. The fourth-order valence-corrected chi connectivity index (χ4v) is 1.52. The molecule has 0 aromatic heterocycles. The van der Waals surface area contributed by atoms with Crippen LogP contribution in [-0.4, -0.2) is 0 Å². The Morgan fingerprint density at radius 2 is 0.933 bits per heavy atom. The van der Waals surface area contributed by atoms with Crippen molar-refractivity contribution in [2.45, 2.75) is 13.8 Å². The summed E-state index contributed by atoms with van der Waals surface area (Å²) in [5, 5.41) is 2.19. The van der Waals surface area contributed by atoms with E-state index in [9.17, 15) is 0 Å². The standard InChI is InChI=1S/C14H15N/c1-11-3-7-13(8-4-11)15-14-9-5-12(2)6-10-14/h3-10,15H,1-2H3/p+1. The molecule has 0 aliphatic rings. The molecule has 2 aromatic rings. The van der Waals surface area contributed by atoms with E-state index < -0.39 is 0 Å². The van der Waals surface area contributed by atoms with E-state index in [1.54, 1.807) is 0 Å². The number of hydrogen-bond donors (Lipinski definition) is 1. The van der Waals surface area contributed by atoms with Crippen molar-refractivity contribution in [3.8, 4) is 0 Å². The van der Waals surface area contributed by atoms with Crippen molar-refractivity contribution < 1.29 is 5.32 Å². The van der Waals surface area contributed by atoms with E-state index in [4.69, 9.17) is 0 Å². The quantitative estimate of drug-likeness (QED) is 0.715. The van der Waals surface area contributed by atoms with Gasteiger partial charge in [0.2, 0.25) is 0 Å². The fraction of sp³-hybridized carbons (Fsp3) is 0.143. The van der Waals surface area contributed by atoms with Crippen molar-refractivity contribution in [1.82, 2.24) is 0 Å². The third kappa shape index (κ3) is 2.67. The van der Waals surface area contributed by atoms with E-state index in [1.165, 1.54) is 22.5 Å². The van der Waals surface area contributed by atoms with E-state index in [0.29, 0.717) is 0 Å². The Labute approximate surface area is 90.8 Å².